The van der Waals surface area contributed by atoms with Crippen LogP contribution in [0.2, 0.25) is 0 Å². The van der Waals surface area contributed by atoms with Crippen molar-refractivity contribution < 1.29 is 9.53 Å². The standard InChI is InChI=1S/C14H25N5O2/c1-4-7-14(2,15)13(20)16-10-5-6-12-17-11(9-21-3)18-19(12)8-10/h10H,4-9,15H2,1-3H3,(H,16,20). The number of aromatic nitrogens is 3. The second-order valence-electron chi connectivity index (χ2n) is 5.94. The molecule has 0 aliphatic carbocycles. The van der Waals surface area contributed by atoms with Crippen molar-refractivity contribution in [2.45, 2.75) is 64.3 Å². The minimum absolute atomic E-state index is 0.0572. The third kappa shape index (κ3) is 3.79. The Balaban J connectivity index is 1.96. The first-order chi connectivity index (χ1) is 9.96. The Kier molecular flexibility index (Phi) is 4.95. The minimum Gasteiger partial charge on any atom is -0.377 e. The molecule has 2 rings (SSSR count). The topological polar surface area (TPSA) is 95.1 Å². The number of carbonyl (C=O) groups is 1. The average molecular weight is 295 g/mol. The van der Waals surface area contributed by atoms with Crippen LogP contribution in [0.5, 0.6) is 0 Å². The van der Waals surface area contributed by atoms with Crippen molar-refractivity contribution in [2.75, 3.05) is 7.11 Å². The van der Waals surface area contributed by atoms with Crippen molar-refractivity contribution in [1.82, 2.24) is 20.1 Å². The molecule has 21 heavy (non-hydrogen) atoms. The van der Waals surface area contributed by atoms with Gasteiger partial charge in [0, 0.05) is 19.6 Å². The van der Waals surface area contributed by atoms with Gasteiger partial charge in [0.25, 0.3) is 0 Å². The van der Waals surface area contributed by atoms with Crippen molar-refractivity contribution in [3.63, 3.8) is 0 Å². The van der Waals surface area contributed by atoms with Crippen LogP contribution < -0.4 is 11.1 Å². The molecule has 1 aliphatic heterocycles. The lowest BCUT2D eigenvalue weighted by molar-refractivity contribution is -0.127. The molecule has 2 unspecified atom stereocenters. The number of hydrogen-bond acceptors (Lipinski definition) is 5. The largest absolute Gasteiger partial charge is 0.377 e. The molecule has 0 saturated carbocycles. The smallest absolute Gasteiger partial charge is 0.240 e. The first kappa shape index (κ1) is 15.9. The molecule has 0 fully saturated rings. The molecule has 1 amide bonds. The summed E-state index contributed by atoms with van der Waals surface area (Å²) in [6.07, 6.45) is 3.23. The number of ether oxygens (including phenoxy) is 1. The summed E-state index contributed by atoms with van der Waals surface area (Å²) in [6.45, 7) is 4.86. The number of methoxy groups -OCH3 is 1. The molecule has 0 saturated heterocycles. The number of fused-ring (bicyclic) bond motifs is 1. The molecule has 2 atom stereocenters. The van der Waals surface area contributed by atoms with Crippen molar-refractivity contribution in [2.24, 2.45) is 5.73 Å². The van der Waals surface area contributed by atoms with Crippen LogP contribution >= 0.6 is 0 Å². The summed E-state index contributed by atoms with van der Waals surface area (Å²) >= 11 is 0. The first-order valence-corrected chi connectivity index (χ1v) is 7.47. The predicted molar refractivity (Wildman–Crippen MR) is 78.5 cm³/mol. The van der Waals surface area contributed by atoms with Crippen molar-refractivity contribution >= 4 is 5.91 Å². The number of carbonyl (C=O) groups excluding carboxylic acids is 1. The fraction of sp³-hybridized carbons (Fsp3) is 0.786. The van der Waals surface area contributed by atoms with Gasteiger partial charge in [-0.3, -0.25) is 4.79 Å². The fourth-order valence-corrected chi connectivity index (χ4v) is 2.65. The van der Waals surface area contributed by atoms with Crippen LogP contribution in [0.3, 0.4) is 0 Å². The van der Waals surface area contributed by atoms with Crippen molar-refractivity contribution in [3.05, 3.63) is 11.6 Å². The zero-order valence-corrected chi connectivity index (χ0v) is 13.1. The van der Waals surface area contributed by atoms with Gasteiger partial charge in [0.15, 0.2) is 5.82 Å². The van der Waals surface area contributed by atoms with E-state index in [9.17, 15) is 4.79 Å². The quantitative estimate of drug-likeness (QED) is 0.791. The number of aryl methyl sites for hydroxylation is 1. The minimum atomic E-state index is -0.807. The van der Waals surface area contributed by atoms with E-state index in [0.29, 0.717) is 25.4 Å². The second-order valence-corrected chi connectivity index (χ2v) is 5.94. The number of nitrogens with one attached hydrogen (secondary N) is 1. The van der Waals surface area contributed by atoms with E-state index in [1.54, 1.807) is 14.0 Å². The zero-order chi connectivity index (χ0) is 15.5. The zero-order valence-electron chi connectivity index (χ0n) is 13.1. The number of nitrogens with zero attached hydrogens (tertiary/aromatic N) is 3. The Labute approximate surface area is 125 Å². The van der Waals surface area contributed by atoms with E-state index in [0.717, 1.165) is 25.1 Å². The van der Waals surface area contributed by atoms with Crippen LogP contribution in [0.15, 0.2) is 0 Å². The third-order valence-electron chi connectivity index (χ3n) is 3.80. The van der Waals surface area contributed by atoms with Crippen LogP contribution in [0.25, 0.3) is 0 Å². The summed E-state index contributed by atoms with van der Waals surface area (Å²) < 4.78 is 6.90. The van der Waals surface area contributed by atoms with Crippen molar-refractivity contribution in [1.29, 1.82) is 0 Å². The van der Waals surface area contributed by atoms with Gasteiger partial charge in [0.1, 0.15) is 12.4 Å². The Hall–Kier alpha value is -1.47. The molecular formula is C14H25N5O2. The molecule has 0 spiro atoms. The lowest BCUT2D eigenvalue weighted by atomic mass is 9.95. The maximum Gasteiger partial charge on any atom is 0.240 e. The maximum absolute atomic E-state index is 12.2. The molecular weight excluding hydrogens is 270 g/mol. The summed E-state index contributed by atoms with van der Waals surface area (Å²) in [5.41, 5.74) is 5.26. The normalized spacial score (nSPS) is 20.7. The lowest BCUT2D eigenvalue weighted by Gasteiger charge is -2.29. The molecule has 2 heterocycles. The molecule has 7 nitrogen and oxygen atoms in total. The highest BCUT2D eigenvalue weighted by Crippen LogP contribution is 2.15. The molecule has 118 valence electrons. The van der Waals surface area contributed by atoms with Crippen LogP contribution in [-0.2, 0) is 29.1 Å². The number of nitrogens with two attached hydrogens (primary N) is 1. The van der Waals surface area contributed by atoms with Gasteiger partial charge in [0.05, 0.1) is 12.1 Å². The summed E-state index contributed by atoms with van der Waals surface area (Å²) in [6, 6.07) is 0.0572. The molecule has 7 heteroatoms. The van der Waals surface area contributed by atoms with E-state index in [4.69, 9.17) is 10.5 Å². The van der Waals surface area contributed by atoms with Gasteiger partial charge in [0.2, 0.25) is 5.91 Å². The summed E-state index contributed by atoms with van der Waals surface area (Å²) in [5, 5.41) is 7.44. The second kappa shape index (κ2) is 6.53. The number of hydrogen-bond donors (Lipinski definition) is 2. The van der Waals surface area contributed by atoms with Crippen LogP contribution in [0.4, 0.5) is 0 Å². The SMILES string of the molecule is CCCC(C)(N)C(=O)NC1CCc2nc(COC)nn2C1. The van der Waals surface area contributed by atoms with Crippen LogP contribution in [0, 0.1) is 0 Å². The molecule has 1 aliphatic rings. The predicted octanol–water partition coefficient (Wildman–Crippen LogP) is 0.373. The monoisotopic (exact) mass is 295 g/mol. The van der Waals surface area contributed by atoms with Gasteiger partial charge in [-0.25, -0.2) is 9.67 Å². The van der Waals surface area contributed by atoms with Crippen LogP contribution in [-0.4, -0.2) is 39.4 Å². The Bertz CT molecular complexity index is 498. The van der Waals surface area contributed by atoms with Gasteiger partial charge in [-0.1, -0.05) is 13.3 Å². The molecule has 3 N–H and O–H groups in total. The molecule has 1 aromatic heterocycles. The van der Waals surface area contributed by atoms with E-state index in [-0.39, 0.29) is 11.9 Å². The highest BCUT2D eigenvalue weighted by Gasteiger charge is 2.30. The van der Waals surface area contributed by atoms with E-state index < -0.39 is 5.54 Å². The average Bonchev–Trinajstić information content (AvgIpc) is 2.80. The van der Waals surface area contributed by atoms with E-state index in [1.165, 1.54) is 0 Å². The first-order valence-electron chi connectivity index (χ1n) is 7.47. The van der Waals surface area contributed by atoms with E-state index >= 15 is 0 Å². The highest BCUT2D eigenvalue weighted by molar-refractivity contribution is 5.85. The third-order valence-corrected chi connectivity index (χ3v) is 3.80. The Morgan fingerprint density at radius 3 is 3.05 bits per heavy atom. The van der Waals surface area contributed by atoms with Crippen LogP contribution in [0.1, 0.15) is 44.8 Å². The number of amides is 1. The molecule has 0 radical (unpaired) electrons. The molecule has 0 bridgehead atoms. The number of rotatable bonds is 6. The Morgan fingerprint density at radius 1 is 1.62 bits per heavy atom. The van der Waals surface area contributed by atoms with E-state index in [1.807, 2.05) is 11.6 Å². The van der Waals surface area contributed by atoms with Gasteiger partial charge in [-0.05, 0) is 19.8 Å². The summed E-state index contributed by atoms with van der Waals surface area (Å²) in [7, 11) is 1.62. The summed E-state index contributed by atoms with van der Waals surface area (Å²) in [5.74, 6) is 1.56. The van der Waals surface area contributed by atoms with Gasteiger partial charge in [-0.15, -0.1) is 0 Å². The fourth-order valence-electron chi connectivity index (χ4n) is 2.65. The molecule has 0 aromatic carbocycles. The maximum atomic E-state index is 12.2. The lowest BCUT2D eigenvalue weighted by Crippen LogP contribution is -2.55. The van der Waals surface area contributed by atoms with E-state index in [2.05, 4.69) is 15.4 Å². The Morgan fingerprint density at radius 2 is 2.38 bits per heavy atom. The van der Waals surface area contributed by atoms with Crippen molar-refractivity contribution in [3.8, 4) is 0 Å². The molecule has 1 aromatic rings. The van der Waals surface area contributed by atoms with Gasteiger partial charge in [-0.2, -0.15) is 5.10 Å². The summed E-state index contributed by atoms with van der Waals surface area (Å²) in [4.78, 5) is 16.7. The highest BCUT2D eigenvalue weighted by atomic mass is 16.5. The van der Waals surface area contributed by atoms with Gasteiger partial charge >= 0.3 is 0 Å². The van der Waals surface area contributed by atoms with Gasteiger partial charge < -0.3 is 15.8 Å².